The van der Waals surface area contributed by atoms with E-state index in [4.69, 9.17) is 11.5 Å². The molecule has 3 amide bonds. The summed E-state index contributed by atoms with van der Waals surface area (Å²) in [6, 6.07) is 5.40. The fourth-order valence-corrected chi connectivity index (χ4v) is 1.43. The molecule has 1 rings (SSSR count). The Labute approximate surface area is 124 Å². The monoisotopic (exact) mass is 300 g/mol. The average molecular weight is 301 g/mol. The highest BCUT2D eigenvalue weighted by atomic mass is 35.5. The quantitative estimate of drug-likeness (QED) is 0.684. The van der Waals surface area contributed by atoms with Crippen molar-refractivity contribution in [2.75, 3.05) is 10.6 Å². The molecule has 1 atom stereocenters. The molecule has 20 heavy (non-hydrogen) atoms. The second kappa shape index (κ2) is 7.12. The van der Waals surface area contributed by atoms with E-state index in [-0.39, 0.29) is 23.7 Å². The minimum absolute atomic E-state index is 0. The summed E-state index contributed by atoms with van der Waals surface area (Å²) in [6.45, 7) is 5.67. The maximum atomic E-state index is 11.9. The summed E-state index contributed by atoms with van der Waals surface area (Å²) in [6.07, 6.45) is 0. The van der Waals surface area contributed by atoms with Crippen molar-refractivity contribution in [3.63, 3.8) is 0 Å². The van der Waals surface area contributed by atoms with Crippen LogP contribution in [0.2, 0.25) is 0 Å². The number of rotatable bonds is 3. The van der Waals surface area contributed by atoms with Crippen LogP contribution < -0.4 is 22.1 Å². The first-order chi connectivity index (χ1) is 8.70. The van der Waals surface area contributed by atoms with Crippen LogP contribution in [0.15, 0.2) is 24.3 Å². The summed E-state index contributed by atoms with van der Waals surface area (Å²) < 4.78 is 0. The minimum atomic E-state index is -0.658. The molecule has 0 saturated carbocycles. The van der Waals surface area contributed by atoms with Crippen molar-refractivity contribution in [2.45, 2.75) is 26.8 Å². The van der Waals surface area contributed by atoms with E-state index < -0.39 is 12.1 Å². The van der Waals surface area contributed by atoms with Gasteiger partial charge in [0.15, 0.2) is 0 Å². The van der Waals surface area contributed by atoms with E-state index >= 15 is 0 Å². The van der Waals surface area contributed by atoms with Crippen LogP contribution >= 0.6 is 12.4 Å². The number of nitrogens with one attached hydrogen (secondary N) is 2. The zero-order valence-corrected chi connectivity index (χ0v) is 12.6. The zero-order chi connectivity index (χ0) is 14.6. The fraction of sp³-hybridized carbons (Fsp3) is 0.385. The predicted molar refractivity (Wildman–Crippen MR) is 83.0 cm³/mol. The fourth-order valence-electron chi connectivity index (χ4n) is 1.43. The lowest BCUT2D eigenvalue weighted by Gasteiger charge is -2.25. The lowest BCUT2D eigenvalue weighted by Crippen LogP contribution is -2.45. The van der Waals surface area contributed by atoms with Crippen molar-refractivity contribution in [2.24, 2.45) is 16.9 Å². The molecule has 6 nitrogen and oxygen atoms in total. The van der Waals surface area contributed by atoms with Gasteiger partial charge in [-0.1, -0.05) is 26.8 Å². The number of carbonyl (C=O) groups excluding carboxylic acids is 2. The van der Waals surface area contributed by atoms with Crippen LogP contribution in [-0.2, 0) is 4.79 Å². The van der Waals surface area contributed by atoms with Crippen molar-refractivity contribution in [1.29, 1.82) is 0 Å². The highest BCUT2D eigenvalue weighted by Gasteiger charge is 2.27. The van der Waals surface area contributed by atoms with Crippen LogP contribution in [0, 0.1) is 5.41 Å². The largest absolute Gasteiger partial charge is 0.351 e. The van der Waals surface area contributed by atoms with Crippen LogP contribution in [0.25, 0.3) is 0 Å². The molecule has 0 unspecified atom stereocenters. The van der Waals surface area contributed by atoms with E-state index in [1.807, 2.05) is 20.8 Å². The molecule has 1 aromatic carbocycles. The average Bonchev–Trinajstić information content (AvgIpc) is 2.26. The third-order valence-electron chi connectivity index (χ3n) is 2.61. The second-order valence-corrected chi connectivity index (χ2v) is 5.40. The van der Waals surface area contributed by atoms with Crippen LogP contribution in [-0.4, -0.2) is 18.0 Å². The molecule has 0 aliphatic carbocycles. The van der Waals surface area contributed by atoms with Gasteiger partial charge in [0.05, 0.1) is 6.04 Å². The third-order valence-corrected chi connectivity index (χ3v) is 2.61. The SMILES string of the molecule is CC(C)(C)[C@H](N)C(=O)Nc1cccc(NC(N)=O)c1.Cl. The molecule has 6 N–H and O–H groups in total. The number of primary amides is 1. The van der Waals surface area contributed by atoms with Gasteiger partial charge in [0.25, 0.3) is 0 Å². The van der Waals surface area contributed by atoms with Gasteiger partial charge in [0.2, 0.25) is 5.91 Å². The highest BCUT2D eigenvalue weighted by Crippen LogP contribution is 2.20. The van der Waals surface area contributed by atoms with E-state index in [0.29, 0.717) is 11.4 Å². The van der Waals surface area contributed by atoms with Crippen molar-refractivity contribution in [1.82, 2.24) is 0 Å². The molecule has 0 saturated heterocycles. The smallest absolute Gasteiger partial charge is 0.316 e. The molecular weight excluding hydrogens is 280 g/mol. The minimum Gasteiger partial charge on any atom is -0.351 e. The van der Waals surface area contributed by atoms with Gasteiger partial charge < -0.3 is 22.1 Å². The van der Waals surface area contributed by atoms with Gasteiger partial charge >= 0.3 is 6.03 Å². The standard InChI is InChI=1S/C13H20N4O2.ClH/c1-13(2,3)10(14)11(18)16-8-5-4-6-9(7-8)17-12(15)19;/h4-7,10H,14H2,1-3H3,(H,16,18)(H3,15,17,19);1H/t10-;/m1./s1. The molecule has 0 fully saturated rings. The number of benzene rings is 1. The van der Waals surface area contributed by atoms with Gasteiger partial charge in [-0.05, 0) is 23.6 Å². The number of hydrogen-bond donors (Lipinski definition) is 4. The topological polar surface area (TPSA) is 110 Å². The van der Waals surface area contributed by atoms with Crippen LogP contribution in [0.4, 0.5) is 16.2 Å². The molecule has 0 bridgehead atoms. The first kappa shape index (κ1) is 18.2. The van der Waals surface area contributed by atoms with Crippen molar-refractivity contribution >= 4 is 35.7 Å². The molecule has 0 radical (unpaired) electrons. The normalized spacial score (nSPS) is 12.0. The van der Waals surface area contributed by atoms with E-state index in [1.165, 1.54) is 0 Å². The Morgan fingerprint density at radius 3 is 2.10 bits per heavy atom. The highest BCUT2D eigenvalue weighted by molar-refractivity contribution is 5.96. The van der Waals surface area contributed by atoms with Crippen molar-refractivity contribution in [3.05, 3.63) is 24.3 Å². The van der Waals surface area contributed by atoms with E-state index in [1.54, 1.807) is 24.3 Å². The number of nitrogens with two attached hydrogens (primary N) is 2. The molecule has 1 aromatic rings. The molecular formula is C13H21ClN4O2. The molecule has 112 valence electrons. The van der Waals surface area contributed by atoms with Gasteiger partial charge in [0, 0.05) is 11.4 Å². The molecule has 0 aliphatic rings. The van der Waals surface area contributed by atoms with Gasteiger partial charge in [-0.15, -0.1) is 12.4 Å². The predicted octanol–water partition coefficient (Wildman–Crippen LogP) is 1.91. The summed E-state index contributed by atoms with van der Waals surface area (Å²) >= 11 is 0. The summed E-state index contributed by atoms with van der Waals surface area (Å²) in [5.74, 6) is -0.274. The number of anilines is 2. The number of hydrogen-bond acceptors (Lipinski definition) is 3. The second-order valence-electron chi connectivity index (χ2n) is 5.40. The molecule has 0 heterocycles. The first-order valence-electron chi connectivity index (χ1n) is 5.93. The van der Waals surface area contributed by atoms with Gasteiger partial charge in [0.1, 0.15) is 0 Å². The summed E-state index contributed by atoms with van der Waals surface area (Å²) in [5.41, 5.74) is 11.6. The van der Waals surface area contributed by atoms with E-state index in [0.717, 1.165) is 0 Å². The van der Waals surface area contributed by atoms with Gasteiger partial charge in [-0.3, -0.25) is 4.79 Å². The lowest BCUT2D eigenvalue weighted by molar-refractivity contribution is -0.119. The number of carbonyl (C=O) groups is 2. The summed E-state index contributed by atoms with van der Waals surface area (Å²) in [4.78, 5) is 22.7. The molecule has 7 heteroatoms. The Kier molecular flexibility index (Phi) is 6.48. The maximum Gasteiger partial charge on any atom is 0.316 e. The van der Waals surface area contributed by atoms with Crippen LogP contribution in [0.1, 0.15) is 20.8 Å². The summed E-state index contributed by atoms with van der Waals surface area (Å²) in [7, 11) is 0. The first-order valence-corrected chi connectivity index (χ1v) is 5.93. The Morgan fingerprint density at radius 2 is 1.65 bits per heavy atom. The third kappa shape index (κ3) is 5.46. The molecule has 0 aromatic heterocycles. The van der Waals surface area contributed by atoms with Crippen LogP contribution in [0.5, 0.6) is 0 Å². The number of halogens is 1. The van der Waals surface area contributed by atoms with Gasteiger partial charge in [-0.2, -0.15) is 0 Å². The van der Waals surface area contributed by atoms with E-state index in [2.05, 4.69) is 10.6 Å². The van der Waals surface area contributed by atoms with E-state index in [9.17, 15) is 9.59 Å². The van der Waals surface area contributed by atoms with Crippen molar-refractivity contribution < 1.29 is 9.59 Å². The summed E-state index contributed by atoms with van der Waals surface area (Å²) in [5, 5.41) is 5.14. The Balaban J connectivity index is 0.00000361. The van der Waals surface area contributed by atoms with Gasteiger partial charge in [-0.25, -0.2) is 4.79 Å². The molecule has 0 aliphatic heterocycles. The Morgan fingerprint density at radius 1 is 1.15 bits per heavy atom. The lowest BCUT2D eigenvalue weighted by atomic mass is 9.87. The Bertz CT molecular complexity index is 486. The number of urea groups is 1. The van der Waals surface area contributed by atoms with Crippen LogP contribution in [0.3, 0.4) is 0 Å². The Hall–Kier alpha value is -1.79. The maximum absolute atomic E-state index is 11.9. The number of amides is 3. The van der Waals surface area contributed by atoms with Crippen molar-refractivity contribution in [3.8, 4) is 0 Å². The zero-order valence-electron chi connectivity index (χ0n) is 11.8. The molecule has 0 spiro atoms.